The molecule has 5 heteroatoms. The van der Waals surface area contributed by atoms with Crippen molar-refractivity contribution in [2.45, 2.75) is 32.2 Å². The highest BCUT2D eigenvalue weighted by Gasteiger charge is 2.21. The van der Waals surface area contributed by atoms with E-state index in [2.05, 4.69) is 20.8 Å². The van der Waals surface area contributed by atoms with Crippen molar-refractivity contribution in [2.75, 3.05) is 10.6 Å². The van der Waals surface area contributed by atoms with Crippen molar-refractivity contribution >= 4 is 17.5 Å². The molecule has 1 aromatic carbocycles. The molecule has 5 nitrogen and oxygen atoms in total. The molecule has 1 aromatic heterocycles. The van der Waals surface area contributed by atoms with E-state index in [0.29, 0.717) is 18.3 Å². The zero-order valence-electron chi connectivity index (χ0n) is 12.0. The van der Waals surface area contributed by atoms with Crippen LogP contribution >= 0.6 is 0 Å². The summed E-state index contributed by atoms with van der Waals surface area (Å²) in [5.41, 5.74) is 2.14. The SMILES string of the molecule is Cc1ccccc1CC(=O)Nc1ccc(NC2CC2)nn1. The molecular formula is C16H18N4O. The maximum atomic E-state index is 12.0. The highest BCUT2D eigenvalue weighted by Crippen LogP contribution is 2.23. The lowest BCUT2D eigenvalue weighted by Crippen LogP contribution is -2.16. The van der Waals surface area contributed by atoms with Crippen LogP contribution in [0.1, 0.15) is 24.0 Å². The summed E-state index contributed by atoms with van der Waals surface area (Å²) >= 11 is 0. The van der Waals surface area contributed by atoms with Gasteiger partial charge in [-0.1, -0.05) is 24.3 Å². The van der Waals surface area contributed by atoms with Crippen LogP contribution in [0.15, 0.2) is 36.4 Å². The largest absolute Gasteiger partial charge is 0.366 e. The van der Waals surface area contributed by atoms with Gasteiger partial charge in [-0.15, -0.1) is 10.2 Å². The summed E-state index contributed by atoms with van der Waals surface area (Å²) in [6, 6.07) is 12.0. The van der Waals surface area contributed by atoms with Crippen molar-refractivity contribution in [3.63, 3.8) is 0 Å². The van der Waals surface area contributed by atoms with Gasteiger partial charge >= 0.3 is 0 Å². The van der Waals surface area contributed by atoms with Crippen LogP contribution in [0.5, 0.6) is 0 Å². The monoisotopic (exact) mass is 282 g/mol. The zero-order chi connectivity index (χ0) is 14.7. The standard InChI is InChI=1S/C16H18N4O/c1-11-4-2-3-5-12(11)10-16(21)18-15-9-8-14(19-20-15)17-13-6-7-13/h2-5,8-9,13H,6-7,10H2,1H3,(H,17,19)(H,18,20,21). The minimum atomic E-state index is -0.0819. The van der Waals surface area contributed by atoms with Crippen molar-refractivity contribution in [2.24, 2.45) is 0 Å². The molecule has 1 amide bonds. The Morgan fingerprint density at radius 1 is 1.14 bits per heavy atom. The Morgan fingerprint density at radius 2 is 1.86 bits per heavy atom. The first-order valence-corrected chi connectivity index (χ1v) is 7.15. The summed E-state index contributed by atoms with van der Waals surface area (Å²) in [6.07, 6.45) is 2.73. The van der Waals surface area contributed by atoms with Gasteiger partial charge in [0.25, 0.3) is 0 Å². The van der Waals surface area contributed by atoms with E-state index in [1.807, 2.05) is 37.3 Å². The predicted molar refractivity (Wildman–Crippen MR) is 82.2 cm³/mol. The molecule has 1 heterocycles. The van der Waals surface area contributed by atoms with E-state index in [1.54, 1.807) is 6.07 Å². The fourth-order valence-electron chi connectivity index (χ4n) is 2.08. The number of benzene rings is 1. The van der Waals surface area contributed by atoms with E-state index < -0.39 is 0 Å². The van der Waals surface area contributed by atoms with Gasteiger partial charge in [0.15, 0.2) is 5.82 Å². The molecular weight excluding hydrogens is 264 g/mol. The summed E-state index contributed by atoms with van der Waals surface area (Å²) < 4.78 is 0. The first-order chi connectivity index (χ1) is 10.2. The third-order valence-corrected chi connectivity index (χ3v) is 3.47. The summed E-state index contributed by atoms with van der Waals surface area (Å²) in [5.74, 6) is 1.16. The summed E-state index contributed by atoms with van der Waals surface area (Å²) in [4.78, 5) is 12.0. The van der Waals surface area contributed by atoms with Gasteiger partial charge in [-0.05, 0) is 43.0 Å². The van der Waals surface area contributed by atoms with Crippen molar-refractivity contribution in [1.29, 1.82) is 0 Å². The molecule has 0 spiro atoms. The van der Waals surface area contributed by atoms with Crippen molar-refractivity contribution in [3.05, 3.63) is 47.5 Å². The number of carbonyl (C=O) groups is 1. The highest BCUT2D eigenvalue weighted by molar-refractivity contribution is 5.91. The fourth-order valence-corrected chi connectivity index (χ4v) is 2.08. The van der Waals surface area contributed by atoms with Gasteiger partial charge in [-0.2, -0.15) is 0 Å². The Labute approximate surface area is 123 Å². The normalized spacial score (nSPS) is 13.8. The average molecular weight is 282 g/mol. The van der Waals surface area contributed by atoms with Gasteiger partial charge in [0.1, 0.15) is 5.82 Å². The summed E-state index contributed by atoms with van der Waals surface area (Å²) in [6.45, 7) is 2.00. The summed E-state index contributed by atoms with van der Waals surface area (Å²) in [5, 5.41) is 14.1. The third kappa shape index (κ3) is 3.78. The Bertz CT molecular complexity index is 635. The van der Waals surface area contributed by atoms with Crippen LogP contribution in [0.2, 0.25) is 0 Å². The van der Waals surface area contributed by atoms with Crippen molar-refractivity contribution < 1.29 is 4.79 Å². The molecule has 0 unspecified atom stereocenters. The molecule has 1 aliphatic carbocycles. The van der Waals surface area contributed by atoms with Crippen LogP contribution in [-0.2, 0) is 11.2 Å². The topological polar surface area (TPSA) is 66.9 Å². The molecule has 1 fully saturated rings. The molecule has 2 aromatic rings. The number of nitrogens with one attached hydrogen (secondary N) is 2. The average Bonchev–Trinajstić information content (AvgIpc) is 3.28. The molecule has 0 saturated heterocycles. The summed E-state index contributed by atoms with van der Waals surface area (Å²) in [7, 11) is 0. The molecule has 1 aliphatic rings. The number of carbonyl (C=O) groups excluding carboxylic acids is 1. The molecule has 21 heavy (non-hydrogen) atoms. The van der Waals surface area contributed by atoms with Crippen molar-refractivity contribution in [1.82, 2.24) is 10.2 Å². The van der Waals surface area contributed by atoms with Gasteiger partial charge < -0.3 is 10.6 Å². The first kappa shape index (κ1) is 13.5. The Hall–Kier alpha value is -2.43. The lowest BCUT2D eigenvalue weighted by Gasteiger charge is -2.07. The second kappa shape index (κ2) is 5.91. The van der Waals surface area contributed by atoms with Crippen LogP contribution in [0, 0.1) is 6.92 Å². The zero-order valence-corrected chi connectivity index (χ0v) is 12.0. The molecule has 0 radical (unpaired) electrons. The highest BCUT2D eigenvalue weighted by atomic mass is 16.1. The van der Waals surface area contributed by atoms with Gasteiger partial charge in [-0.25, -0.2) is 0 Å². The van der Waals surface area contributed by atoms with Gasteiger partial charge in [-0.3, -0.25) is 4.79 Å². The van der Waals surface area contributed by atoms with Crippen molar-refractivity contribution in [3.8, 4) is 0 Å². The minimum absolute atomic E-state index is 0.0819. The molecule has 3 rings (SSSR count). The molecule has 2 N–H and O–H groups in total. The Balaban J connectivity index is 1.57. The smallest absolute Gasteiger partial charge is 0.230 e. The number of aromatic nitrogens is 2. The lowest BCUT2D eigenvalue weighted by atomic mass is 10.1. The number of amides is 1. The maximum Gasteiger partial charge on any atom is 0.230 e. The van der Waals surface area contributed by atoms with E-state index in [0.717, 1.165) is 16.9 Å². The Morgan fingerprint density at radius 3 is 2.52 bits per heavy atom. The number of anilines is 2. The second-order valence-electron chi connectivity index (χ2n) is 5.37. The van der Waals surface area contributed by atoms with Gasteiger partial charge in [0, 0.05) is 6.04 Å². The fraction of sp³-hybridized carbons (Fsp3) is 0.312. The number of aryl methyl sites for hydroxylation is 1. The van der Waals surface area contributed by atoms with E-state index in [9.17, 15) is 4.79 Å². The Kier molecular flexibility index (Phi) is 3.81. The second-order valence-corrected chi connectivity index (χ2v) is 5.37. The number of hydrogen-bond acceptors (Lipinski definition) is 4. The minimum Gasteiger partial charge on any atom is -0.366 e. The van der Waals surface area contributed by atoms with Crippen LogP contribution in [0.3, 0.4) is 0 Å². The quantitative estimate of drug-likeness (QED) is 0.884. The van der Waals surface area contributed by atoms with E-state index in [-0.39, 0.29) is 5.91 Å². The number of hydrogen-bond donors (Lipinski definition) is 2. The van der Waals surface area contributed by atoms with Crippen LogP contribution in [0.4, 0.5) is 11.6 Å². The molecule has 108 valence electrons. The van der Waals surface area contributed by atoms with Crippen LogP contribution < -0.4 is 10.6 Å². The molecule has 0 aliphatic heterocycles. The van der Waals surface area contributed by atoms with E-state index in [4.69, 9.17) is 0 Å². The van der Waals surface area contributed by atoms with E-state index in [1.165, 1.54) is 12.8 Å². The maximum absolute atomic E-state index is 12.0. The lowest BCUT2D eigenvalue weighted by molar-refractivity contribution is -0.115. The molecule has 1 saturated carbocycles. The predicted octanol–water partition coefficient (Wildman–Crippen LogP) is 2.54. The van der Waals surface area contributed by atoms with Gasteiger partial charge in [0.2, 0.25) is 5.91 Å². The van der Waals surface area contributed by atoms with E-state index >= 15 is 0 Å². The third-order valence-electron chi connectivity index (χ3n) is 3.47. The van der Waals surface area contributed by atoms with Crippen LogP contribution in [0.25, 0.3) is 0 Å². The molecule has 0 bridgehead atoms. The van der Waals surface area contributed by atoms with Gasteiger partial charge in [0.05, 0.1) is 6.42 Å². The molecule has 0 atom stereocenters. The van der Waals surface area contributed by atoms with Crippen LogP contribution in [-0.4, -0.2) is 22.1 Å². The number of rotatable bonds is 5. The first-order valence-electron chi connectivity index (χ1n) is 7.15. The number of nitrogens with zero attached hydrogens (tertiary/aromatic N) is 2.